The molecule has 1 saturated heterocycles. The monoisotopic (exact) mass is 385 g/mol. The highest BCUT2D eigenvalue weighted by atomic mass is 35.5. The first kappa shape index (κ1) is 18.4. The lowest BCUT2D eigenvalue weighted by Crippen LogP contribution is -2.39. The van der Waals surface area contributed by atoms with Crippen molar-refractivity contribution in [1.82, 2.24) is 14.5 Å². The molecule has 0 bridgehead atoms. The second kappa shape index (κ2) is 7.60. The topological polar surface area (TPSA) is 61.5 Å². The van der Waals surface area contributed by atoms with Crippen LogP contribution in [0.3, 0.4) is 0 Å². The van der Waals surface area contributed by atoms with Gasteiger partial charge in [-0.2, -0.15) is 0 Å². The molecule has 2 aliphatic carbocycles. The van der Waals surface area contributed by atoms with Gasteiger partial charge in [0.2, 0.25) is 0 Å². The quantitative estimate of drug-likeness (QED) is 0.781. The molecule has 2 heterocycles. The molecule has 142 valence electrons. The van der Waals surface area contributed by atoms with Crippen LogP contribution in [0.2, 0.25) is 0 Å². The summed E-state index contributed by atoms with van der Waals surface area (Å²) in [5.41, 5.74) is 2.07. The highest BCUT2D eigenvalue weighted by molar-refractivity contribution is 6.31. The molecule has 0 atom stereocenters. The molecule has 0 radical (unpaired) electrons. The van der Waals surface area contributed by atoms with Crippen LogP contribution in [-0.2, 0) is 18.9 Å². The van der Waals surface area contributed by atoms with E-state index in [0.29, 0.717) is 35.8 Å². The summed E-state index contributed by atoms with van der Waals surface area (Å²) in [6, 6.07) is 0. The summed E-state index contributed by atoms with van der Waals surface area (Å²) in [5.74, 6) is -1.49. The molecule has 1 aromatic heterocycles. The largest absolute Gasteiger partial charge is 0.345 e. The lowest BCUT2D eigenvalue weighted by molar-refractivity contribution is -0.200. The van der Waals surface area contributed by atoms with Crippen molar-refractivity contribution >= 4 is 17.7 Å². The van der Waals surface area contributed by atoms with E-state index in [2.05, 4.69) is 4.90 Å². The fourth-order valence-corrected chi connectivity index (χ4v) is 4.02. The average Bonchev–Trinajstić information content (AvgIpc) is 3.12. The van der Waals surface area contributed by atoms with Gasteiger partial charge in [-0.05, 0) is 50.6 Å². The van der Waals surface area contributed by atoms with Gasteiger partial charge in [0.1, 0.15) is 5.82 Å². The van der Waals surface area contributed by atoms with E-state index in [9.17, 15) is 10.2 Å². The van der Waals surface area contributed by atoms with Gasteiger partial charge < -0.3 is 10.2 Å². The minimum Gasteiger partial charge on any atom is -0.345 e. The van der Waals surface area contributed by atoms with Gasteiger partial charge in [-0.15, -0.1) is 0 Å². The molecular weight excluding hydrogens is 362 g/mol. The first-order valence-corrected chi connectivity index (χ1v) is 9.78. The Balaban J connectivity index is 1.79. The molecule has 4 rings (SSSR count). The number of nitrogens with zero attached hydrogens (tertiary/aromatic N) is 3. The Hall–Kier alpha value is -1.92. The van der Waals surface area contributed by atoms with Crippen LogP contribution in [0, 0.1) is 0 Å². The molecule has 0 spiro atoms. The fraction of sp³-hybridized carbons (Fsp3) is 0.381. The summed E-state index contributed by atoms with van der Waals surface area (Å²) < 4.78 is 1.60. The number of aromatic nitrogens is 2. The van der Waals surface area contributed by atoms with E-state index < -0.39 is 5.91 Å². The Kier molecular flexibility index (Phi) is 5.19. The standard InChI is InChI=1S/C21H24ClN3O2/c22-17-8-6-7-16(11-12-17)21(26,27)25-19-10-3-1-2-9-18(19)23-20(25)15-24-13-4-5-14-24/h1-3,6,8-9,11-12,26-27H,4-5,7,10,13-15H2. The van der Waals surface area contributed by atoms with E-state index in [1.54, 1.807) is 22.8 Å². The third-order valence-electron chi connectivity index (χ3n) is 5.25. The summed E-state index contributed by atoms with van der Waals surface area (Å²) in [5, 5.41) is 23.1. The Morgan fingerprint density at radius 3 is 2.67 bits per heavy atom. The zero-order chi connectivity index (χ0) is 18.9. The van der Waals surface area contributed by atoms with E-state index in [-0.39, 0.29) is 0 Å². The van der Waals surface area contributed by atoms with Crippen molar-refractivity contribution in [2.75, 3.05) is 13.1 Å². The zero-order valence-electron chi connectivity index (χ0n) is 15.2. The van der Waals surface area contributed by atoms with Crippen LogP contribution in [0.15, 0.2) is 53.1 Å². The number of allylic oxidation sites excluding steroid dienone is 8. The van der Waals surface area contributed by atoms with E-state index in [1.165, 1.54) is 12.8 Å². The summed E-state index contributed by atoms with van der Waals surface area (Å²) >= 11 is 6.07. The molecule has 27 heavy (non-hydrogen) atoms. The third-order valence-corrected chi connectivity index (χ3v) is 5.50. The molecule has 0 saturated carbocycles. The van der Waals surface area contributed by atoms with Gasteiger partial charge in [-0.1, -0.05) is 42.0 Å². The van der Waals surface area contributed by atoms with Crippen LogP contribution in [0.4, 0.5) is 0 Å². The zero-order valence-corrected chi connectivity index (χ0v) is 15.9. The minimum absolute atomic E-state index is 0.404. The molecule has 1 aromatic rings. The van der Waals surface area contributed by atoms with Crippen LogP contribution in [-0.4, -0.2) is 37.8 Å². The average molecular weight is 386 g/mol. The maximum atomic E-state index is 11.3. The SMILES string of the molecule is OC(O)(C1=CC=C(Cl)C=CC1)n1c(CN2CCCC2)nc2c1CC=CC=C2. The van der Waals surface area contributed by atoms with Crippen molar-refractivity contribution in [2.45, 2.75) is 38.1 Å². The van der Waals surface area contributed by atoms with Crippen LogP contribution < -0.4 is 0 Å². The smallest absolute Gasteiger partial charge is 0.276 e. The Morgan fingerprint density at radius 1 is 1.04 bits per heavy atom. The molecule has 0 aromatic carbocycles. The second-order valence-electron chi connectivity index (χ2n) is 7.16. The predicted octanol–water partition coefficient (Wildman–Crippen LogP) is 3.21. The summed E-state index contributed by atoms with van der Waals surface area (Å²) in [6.07, 6.45) is 18.2. The van der Waals surface area contributed by atoms with Crippen molar-refractivity contribution in [3.63, 3.8) is 0 Å². The van der Waals surface area contributed by atoms with Crippen LogP contribution >= 0.6 is 11.6 Å². The van der Waals surface area contributed by atoms with Gasteiger partial charge in [-0.3, -0.25) is 9.47 Å². The molecule has 1 fully saturated rings. The third kappa shape index (κ3) is 3.73. The van der Waals surface area contributed by atoms with E-state index in [0.717, 1.165) is 24.5 Å². The lowest BCUT2D eigenvalue weighted by atomic mass is 10.1. The van der Waals surface area contributed by atoms with E-state index in [4.69, 9.17) is 16.6 Å². The fourth-order valence-electron chi connectivity index (χ4n) is 3.87. The number of imidazole rings is 1. The lowest BCUT2D eigenvalue weighted by Gasteiger charge is -2.30. The van der Waals surface area contributed by atoms with Crippen molar-refractivity contribution in [3.05, 3.63) is 70.3 Å². The molecule has 2 N–H and O–H groups in total. The van der Waals surface area contributed by atoms with Gasteiger partial charge in [0.05, 0.1) is 17.9 Å². The van der Waals surface area contributed by atoms with Crippen molar-refractivity contribution in [2.24, 2.45) is 0 Å². The Morgan fingerprint density at radius 2 is 1.85 bits per heavy atom. The molecule has 0 unspecified atom stereocenters. The van der Waals surface area contributed by atoms with Crippen LogP contribution in [0.25, 0.3) is 6.08 Å². The highest BCUT2D eigenvalue weighted by Gasteiger charge is 2.36. The maximum absolute atomic E-state index is 11.3. The van der Waals surface area contributed by atoms with Gasteiger partial charge in [0.15, 0.2) is 0 Å². The first-order valence-electron chi connectivity index (χ1n) is 9.40. The normalized spacial score (nSPS) is 20.3. The van der Waals surface area contributed by atoms with Gasteiger partial charge in [0, 0.05) is 17.0 Å². The minimum atomic E-state index is -2.16. The van der Waals surface area contributed by atoms with Crippen LogP contribution in [0.5, 0.6) is 0 Å². The molecule has 0 amide bonds. The summed E-state index contributed by atoms with van der Waals surface area (Å²) in [7, 11) is 0. The molecule has 6 heteroatoms. The number of aliphatic hydroxyl groups is 2. The van der Waals surface area contributed by atoms with Gasteiger partial charge in [0.25, 0.3) is 5.91 Å². The molecule has 3 aliphatic rings. The first-order chi connectivity index (χ1) is 13.1. The summed E-state index contributed by atoms with van der Waals surface area (Å²) in [6.45, 7) is 2.63. The summed E-state index contributed by atoms with van der Waals surface area (Å²) in [4.78, 5) is 7.07. The van der Waals surface area contributed by atoms with Crippen molar-refractivity contribution < 1.29 is 10.2 Å². The molecule has 1 aliphatic heterocycles. The number of fused-ring (bicyclic) bond motifs is 1. The number of halogens is 1. The van der Waals surface area contributed by atoms with Gasteiger partial charge in [-0.25, -0.2) is 4.98 Å². The molecule has 5 nitrogen and oxygen atoms in total. The van der Waals surface area contributed by atoms with E-state index >= 15 is 0 Å². The Bertz CT molecular complexity index is 868. The maximum Gasteiger partial charge on any atom is 0.276 e. The number of rotatable bonds is 4. The second-order valence-corrected chi connectivity index (χ2v) is 7.59. The van der Waals surface area contributed by atoms with Gasteiger partial charge >= 0.3 is 0 Å². The number of likely N-dealkylation sites (tertiary alicyclic amines) is 1. The highest BCUT2D eigenvalue weighted by Crippen LogP contribution is 2.32. The Labute approximate surface area is 164 Å². The predicted molar refractivity (Wildman–Crippen MR) is 107 cm³/mol. The number of hydrogen-bond acceptors (Lipinski definition) is 4. The number of hydrogen-bond donors (Lipinski definition) is 2. The van der Waals surface area contributed by atoms with Crippen LogP contribution in [0.1, 0.15) is 36.5 Å². The van der Waals surface area contributed by atoms with Crippen molar-refractivity contribution in [3.8, 4) is 0 Å². The van der Waals surface area contributed by atoms with Crippen molar-refractivity contribution in [1.29, 1.82) is 0 Å². The van der Waals surface area contributed by atoms with E-state index in [1.807, 2.05) is 30.4 Å². The molecular formula is C21H24ClN3O2.